The molecule has 1 amide bonds. The van der Waals surface area contributed by atoms with Gasteiger partial charge in [-0.1, -0.05) is 12.1 Å². The average molecular weight is 363 g/mol. The summed E-state index contributed by atoms with van der Waals surface area (Å²) in [4.78, 5) is 16.4. The van der Waals surface area contributed by atoms with E-state index in [0.29, 0.717) is 24.3 Å². The van der Waals surface area contributed by atoms with Gasteiger partial charge in [0.2, 0.25) is 0 Å². The Balaban J connectivity index is 1.60. The van der Waals surface area contributed by atoms with Crippen LogP contribution in [0.5, 0.6) is 0 Å². The van der Waals surface area contributed by atoms with Crippen LogP contribution in [0.2, 0.25) is 0 Å². The van der Waals surface area contributed by atoms with Gasteiger partial charge in [0, 0.05) is 24.3 Å². The van der Waals surface area contributed by atoms with Crippen LogP contribution in [0.1, 0.15) is 22.3 Å². The number of amides is 1. The molecule has 2 N–H and O–H groups in total. The molecule has 1 aromatic carbocycles. The number of hydrogen-bond donors (Lipinski definition) is 2. The van der Waals surface area contributed by atoms with E-state index < -0.39 is 9.84 Å². The highest BCUT2D eigenvalue weighted by Crippen LogP contribution is 2.14. The van der Waals surface area contributed by atoms with Crippen molar-refractivity contribution in [3.8, 4) is 0 Å². The summed E-state index contributed by atoms with van der Waals surface area (Å²) in [5.41, 5.74) is 1.29. The molecule has 1 aliphatic heterocycles. The van der Waals surface area contributed by atoms with Crippen molar-refractivity contribution in [1.29, 1.82) is 0 Å². The standard InChI is InChI=1S/C17H18FN3O3S/c18-14-3-1-12(2-4-14)10-20-16-9-13(5-7-19-16)17(22)21-15-6-8-25(23,24)11-15/h1-5,7,9,15H,6,8,10-11H2,(H,19,20)(H,21,22). The normalized spacial score (nSPS) is 18.7. The topological polar surface area (TPSA) is 88.2 Å². The fourth-order valence-electron chi connectivity index (χ4n) is 2.64. The number of hydrogen-bond acceptors (Lipinski definition) is 5. The highest BCUT2D eigenvalue weighted by atomic mass is 32.2. The molecule has 8 heteroatoms. The summed E-state index contributed by atoms with van der Waals surface area (Å²) in [5, 5.41) is 5.82. The molecule has 1 atom stereocenters. The summed E-state index contributed by atoms with van der Waals surface area (Å²) in [5.74, 6) is -0.0158. The molecule has 3 rings (SSSR count). The third-order valence-electron chi connectivity index (χ3n) is 3.98. The first-order valence-electron chi connectivity index (χ1n) is 7.87. The predicted molar refractivity (Wildman–Crippen MR) is 92.5 cm³/mol. The predicted octanol–water partition coefficient (Wildman–Crippen LogP) is 1.75. The van der Waals surface area contributed by atoms with Gasteiger partial charge < -0.3 is 10.6 Å². The minimum Gasteiger partial charge on any atom is -0.366 e. The van der Waals surface area contributed by atoms with Crippen LogP contribution in [0.15, 0.2) is 42.6 Å². The SMILES string of the molecule is O=C(NC1CCS(=O)(=O)C1)c1ccnc(NCc2ccc(F)cc2)c1. The lowest BCUT2D eigenvalue weighted by Gasteiger charge is -2.12. The number of rotatable bonds is 5. The van der Waals surface area contributed by atoms with Gasteiger partial charge in [-0.25, -0.2) is 17.8 Å². The summed E-state index contributed by atoms with van der Waals surface area (Å²) < 4.78 is 35.8. The number of carbonyl (C=O) groups excluding carboxylic acids is 1. The molecule has 1 unspecified atom stereocenters. The van der Waals surface area contributed by atoms with Gasteiger partial charge in [0.05, 0.1) is 11.5 Å². The highest BCUT2D eigenvalue weighted by molar-refractivity contribution is 7.91. The maximum Gasteiger partial charge on any atom is 0.251 e. The Morgan fingerprint density at radius 1 is 1.24 bits per heavy atom. The molecule has 6 nitrogen and oxygen atoms in total. The molecule has 25 heavy (non-hydrogen) atoms. The summed E-state index contributed by atoms with van der Waals surface area (Å²) in [7, 11) is -3.04. The smallest absolute Gasteiger partial charge is 0.251 e. The zero-order valence-electron chi connectivity index (χ0n) is 13.4. The lowest BCUT2D eigenvalue weighted by molar-refractivity contribution is 0.0941. The van der Waals surface area contributed by atoms with Crippen molar-refractivity contribution in [1.82, 2.24) is 10.3 Å². The van der Waals surface area contributed by atoms with Crippen molar-refractivity contribution in [2.75, 3.05) is 16.8 Å². The Labute approximate surface area is 145 Å². The van der Waals surface area contributed by atoms with E-state index in [-0.39, 0.29) is 29.3 Å². The number of pyridine rings is 1. The number of carbonyl (C=O) groups is 1. The maximum absolute atomic E-state index is 12.9. The Morgan fingerprint density at radius 3 is 2.68 bits per heavy atom. The van der Waals surface area contributed by atoms with E-state index in [2.05, 4.69) is 15.6 Å². The number of halogens is 1. The van der Waals surface area contributed by atoms with Crippen LogP contribution in [0.4, 0.5) is 10.2 Å². The van der Waals surface area contributed by atoms with Gasteiger partial charge in [0.15, 0.2) is 9.84 Å². The van der Waals surface area contributed by atoms with Crippen molar-refractivity contribution in [2.24, 2.45) is 0 Å². The van der Waals surface area contributed by atoms with E-state index in [1.165, 1.54) is 18.3 Å². The van der Waals surface area contributed by atoms with Gasteiger partial charge in [-0.2, -0.15) is 0 Å². The van der Waals surface area contributed by atoms with Gasteiger partial charge in [-0.3, -0.25) is 4.79 Å². The first-order valence-corrected chi connectivity index (χ1v) is 9.69. The van der Waals surface area contributed by atoms with Crippen molar-refractivity contribution in [3.05, 3.63) is 59.5 Å². The van der Waals surface area contributed by atoms with Crippen LogP contribution in [0, 0.1) is 5.82 Å². The summed E-state index contributed by atoms with van der Waals surface area (Å²) in [6.07, 6.45) is 1.95. The van der Waals surface area contributed by atoms with E-state index >= 15 is 0 Å². The minimum atomic E-state index is -3.04. The van der Waals surface area contributed by atoms with Crippen molar-refractivity contribution < 1.29 is 17.6 Å². The first-order chi connectivity index (χ1) is 11.9. The number of nitrogens with zero attached hydrogens (tertiary/aromatic N) is 1. The Bertz CT molecular complexity index is 869. The molecule has 1 saturated heterocycles. The molecule has 0 radical (unpaired) electrons. The van der Waals surface area contributed by atoms with E-state index in [0.717, 1.165) is 5.56 Å². The molecule has 1 aliphatic rings. The van der Waals surface area contributed by atoms with E-state index in [1.54, 1.807) is 24.3 Å². The van der Waals surface area contributed by atoms with Crippen LogP contribution >= 0.6 is 0 Å². The van der Waals surface area contributed by atoms with Crippen LogP contribution < -0.4 is 10.6 Å². The average Bonchev–Trinajstić information content (AvgIpc) is 2.93. The van der Waals surface area contributed by atoms with Crippen molar-refractivity contribution in [3.63, 3.8) is 0 Å². The largest absolute Gasteiger partial charge is 0.366 e. The first kappa shape index (κ1) is 17.3. The highest BCUT2D eigenvalue weighted by Gasteiger charge is 2.29. The third-order valence-corrected chi connectivity index (χ3v) is 5.74. The fourth-order valence-corrected chi connectivity index (χ4v) is 4.31. The fraction of sp³-hybridized carbons (Fsp3) is 0.294. The van der Waals surface area contributed by atoms with Crippen molar-refractivity contribution >= 4 is 21.6 Å². The molecule has 1 aromatic heterocycles. The molecular weight excluding hydrogens is 345 g/mol. The Morgan fingerprint density at radius 2 is 2.00 bits per heavy atom. The van der Waals surface area contributed by atoms with Crippen LogP contribution in [0.25, 0.3) is 0 Å². The van der Waals surface area contributed by atoms with E-state index in [9.17, 15) is 17.6 Å². The van der Waals surface area contributed by atoms with E-state index in [4.69, 9.17) is 0 Å². The third kappa shape index (κ3) is 4.76. The molecule has 0 aliphatic carbocycles. The lowest BCUT2D eigenvalue weighted by Crippen LogP contribution is -2.35. The van der Waals surface area contributed by atoms with Gasteiger partial charge in [-0.15, -0.1) is 0 Å². The summed E-state index contributed by atoms with van der Waals surface area (Å²) in [6, 6.07) is 8.91. The zero-order chi connectivity index (χ0) is 17.9. The molecule has 0 spiro atoms. The zero-order valence-corrected chi connectivity index (χ0v) is 14.2. The molecule has 2 heterocycles. The number of aromatic nitrogens is 1. The molecular formula is C17H18FN3O3S. The van der Waals surface area contributed by atoms with Crippen LogP contribution in [0.3, 0.4) is 0 Å². The van der Waals surface area contributed by atoms with Gasteiger partial charge in [-0.05, 0) is 36.2 Å². The summed E-state index contributed by atoms with van der Waals surface area (Å²) >= 11 is 0. The molecule has 0 saturated carbocycles. The Hall–Kier alpha value is -2.48. The second-order valence-electron chi connectivity index (χ2n) is 5.98. The van der Waals surface area contributed by atoms with Crippen LogP contribution in [-0.4, -0.2) is 36.9 Å². The molecule has 132 valence electrons. The van der Waals surface area contributed by atoms with Gasteiger partial charge in [0.1, 0.15) is 11.6 Å². The maximum atomic E-state index is 12.9. The number of anilines is 1. The lowest BCUT2D eigenvalue weighted by atomic mass is 10.2. The summed E-state index contributed by atoms with van der Waals surface area (Å²) in [6.45, 7) is 0.444. The van der Waals surface area contributed by atoms with Gasteiger partial charge in [0.25, 0.3) is 5.91 Å². The Kier molecular flexibility index (Phi) is 4.98. The van der Waals surface area contributed by atoms with E-state index in [1.807, 2.05) is 0 Å². The number of benzene rings is 1. The number of sulfone groups is 1. The molecule has 2 aromatic rings. The van der Waals surface area contributed by atoms with Crippen LogP contribution in [-0.2, 0) is 16.4 Å². The number of nitrogens with one attached hydrogen (secondary N) is 2. The molecule has 1 fully saturated rings. The minimum absolute atomic E-state index is 0.0144. The second-order valence-corrected chi connectivity index (χ2v) is 8.21. The van der Waals surface area contributed by atoms with Crippen molar-refractivity contribution in [2.45, 2.75) is 19.0 Å². The quantitative estimate of drug-likeness (QED) is 0.845. The molecule has 0 bridgehead atoms. The monoisotopic (exact) mass is 363 g/mol. The van der Waals surface area contributed by atoms with Gasteiger partial charge >= 0.3 is 0 Å². The second kappa shape index (κ2) is 7.18.